The fraction of sp³-hybridized carbons (Fsp3) is 0.762. The molecule has 5 aliphatic carbocycles. The second kappa shape index (κ2) is 5.45. The monoisotopic (exact) mass is 328 g/mol. The van der Waals surface area contributed by atoms with Gasteiger partial charge in [0.05, 0.1) is 12.7 Å². The molecular weight excluding hydrogens is 300 g/mol. The van der Waals surface area contributed by atoms with Crippen LogP contribution in [-0.4, -0.2) is 25.3 Å². The van der Waals surface area contributed by atoms with Crippen LogP contribution in [0.1, 0.15) is 32.6 Å². The Morgan fingerprint density at radius 1 is 1.08 bits per heavy atom. The first-order valence-electron chi connectivity index (χ1n) is 9.77. The predicted octanol–water partition coefficient (Wildman–Crippen LogP) is 3.61. The minimum atomic E-state index is -0.303. The van der Waals surface area contributed by atoms with Crippen molar-refractivity contribution < 1.29 is 14.3 Å². The molecule has 0 aromatic carbocycles. The van der Waals surface area contributed by atoms with Crippen LogP contribution >= 0.6 is 0 Å². The second-order valence-corrected chi connectivity index (χ2v) is 8.78. The van der Waals surface area contributed by atoms with Gasteiger partial charge in [0.1, 0.15) is 6.61 Å². The lowest BCUT2D eigenvalue weighted by molar-refractivity contribution is -0.141. The highest BCUT2D eigenvalue weighted by molar-refractivity contribution is 5.86. The number of rotatable bonds is 5. The lowest BCUT2D eigenvalue weighted by Crippen LogP contribution is -2.36. The molecular formula is C21H28O3. The van der Waals surface area contributed by atoms with Gasteiger partial charge in [-0.1, -0.05) is 18.7 Å². The number of allylic oxidation sites excluding steroid dienone is 2. The van der Waals surface area contributed by atoms with E-state index in [0.29, 0.717) is 24.9 Å². The Labute approximate surface area is 144 Å². The lowest BCUT2D eigenvalue weighted by atomic mass is 9.64. The molecule has 0 spiro atoms. The van der Waals surface area contributed by atoms with Gasteiger partial charge in [-0.05, 0) is 80.0 Å². The highest BCUT2D eigenvalue weighted by atomic mass is 16.6. The normalized spacial score (nSPS) is 49.5. The molecule has 0 heterocycles. The molecule has 0 aromatic rings. The standard InChI is InChI=1S/C21H28O3/c1-11(2)21(22)24-9-8-23-20-14-6-7-15(20)19-17-10-16(18(14)19)12-4-3-5-13(12)17/h3-4,12-20H,1,5-10H2,2H3. The quantitative estimate of drug-likeness (QED) is 0.254. The number of hydrogen-bond acceptors (Lipinski definition) is 3. The van der Waals surface area contributed by atoms with Crippen molar-refractivity contribution in [1.29, 1.82) is 0 Å². The van der Waals surface area contributed by atoms with E-state index >= 15 is 0 Å². The minimum absolute atomic E-state index is 0.303. The first-order valence-corrected chi connectivity index (χ1v) is 9.77. The fourth-order valence-electron chi connectivity index (χ4n) is 7.44. The summed E-state index contributed by atoms with van der Waals surface area (Å²) in [6.45, 7) is 6.20. The summed E-state index contributed by atoms with van der Waals surface area (Å²) in [5.74, 6) is 6.81. The Morgan fingerprint density at radius 3 is 2.58 bits per heavy atom. The Hall–Kier alpha value is -1.09. The second-order valence-electron chi connectivity index (χ2n) is 8.78. The van der Waals surface area contributed by atoms with Gasteiger partial charge in [0.25, 0.3) is 0 Å². The maximum Gasteiger partial charge on any atom is 0.333 e. The molecule has 9 atom stereocenters. The van der Waals surface area contributed by atoms with Crippen molar-refractivity contribution in [1.82, 2.24) is 0 Å². The molecule has 0 aromatic heterocycles. The molecule has 3 nitrogen and oxygen atoms in total. The maximum absolute atomic E-state index is 11.5. The topological polar surface area (TPSA) is 35.5 Å². The van der Waals surface area contributed by atoms with Crippen LogP contribution < -0.4 is 0 Å². The zero-order valence-electron chi connectivity index (χ0n) is 14.5. The third kappa shape index (κ3) is 1.97. The van der Waals surface area contributed by atoms with Crippen molar-refractivity contribution >= 4 is 5.97 Å². The number of fused-ring (bicyclic) bond motifs is 12. The van der Waals surface area contributed by atoms with Gasteiger partial charge in [-0.15, -0.1) is 0 Å². The van der Waals surface area contributed by atoms with Gasteiger partial charge in [0.2, 0.25) is 0 Å². The van der Waals surface area contributed by atoms with E-state index in [9.17, 15) is 4.79 Å². The van der Waals surface area contributed by atoms with Crippen LogP contribution in [0.5, 0.6) is 0 Å². The zero-order chi connectivity index (χ0) is 16.4. The molecule has 4 bridgehead atoms. The molecule has 4 saturated carbocycles. The number of esters is 1. The van der Waals surface area contributed by atoms with E-state index in [1.165, 1.54) is 25.7 Å². The zero-order valence-corrected chi connectivity index (χ0v) is 14.5. The third-order valence-electron chi connectivity index (χ3n) is 7.92. The molecule has 5 rings (SSSR count). The fourth-order valence-corrected chi connectivity index (χ4v) is 7.44. The van der Waals surface area contributed by atoms with Crippen LogP contribution in [0.2, 0.25) is 0 Å². The first-order chi connectivity index (χ1) is 11.7. The van der Waals surface area contributed by atoms with Gasteiger partial charge in [-0.25, -0.2) is 4.79 Å². The number of hydrogen-bond donors (Lipinski definition) is 0. The summed E-state index contributed by atoms with van der Waals surface area (Å²) in [5, 5.41) is 0. The van der Waals surface area contributed by atoms with Crippen molar-refractivity contribution in [2.24, 2.45) is 47.3 Å². The van der Waals surface area contributed by atoms with Crippen LogP contribution in [0.25, 0.3) is 0 Å². The van der Waals surface area contributed by atoms with E-state index in [1.807, 2.05) is 0 Å². The molecule has 24 heavy (non-hydrogen) atoms. The SMILES string of the molecule is C=C(C)C(=O)OCCOC1C2CCC1C1C3CC(C4C=CCC43)C21. The largest absolute Gasteiger partial charge is 0.460 e. The van der Waals surface area contributed by atoms with Crippen molar-refractivity contribution in [3.63, 3.8) is 0 Å². The molecule has 0 amide bonds. The van der Waals surface area contributed by atoms with E-state index in [1.54, 1.807) is 6.92 Å². The number of carbonyl (C=O) groups is 1. The first kappa shape index (κ1) is 15.2. The van der Waals surface area contributed by atoms with Crippen LogP contribution in [0, 0.1) is 47.3 Å². The van der Waals surface area contributed by atoms with Gasteiger partial charge < -0.3 is 9.47 Å². The van der Waals surface area contributed by atoms with E-state index in [4.69, 9.17) is 9.47 Å². The smallest absolute Gasteiger partial charge is 0.333 e. The summed E-state index contributed by atoms with van der Waals surface area (Å²) in [5.41, 5.74) is 0.460. The summed E-state index contributed by atoms with van der Waals surface area (Å²) in [4.78, 5) is 11.5. The Kier molecular flexibility index (Phi) is 3.45. The molecule has 0 N–H and O–H groups in total. The molecule has 5 aliphatic rings. The van der Waals surface area contributed by atoms with Crippen molar-refractivity contribution in [3.8, 4) is 0 Å². The minimum Gasteiger partial charge on any atom is -0.460 e. The molecule has 130 valence electrons. The summed E-state index contributed by atoms with van der Waals surface area (Å²) >= 11 is 0. The van der Waals surface area contributed by atoms with Gasteiger partial charge >= 0.3 is 5.97 Å². The van der Waals surface area contributed by atoms with Crippen molar-refractivity contribution in [2.45, 2.75) is 38.7 Å². The van der Waals surface area contributed by atoms with Crippen molar-refractivity contribution in [2.75, 3.05) is 13.2 Å². The van der Waals surface area contributed by atoms with Crippen LogP contribution in [0.4, 0.5) is 0 Å². The summed E-state index contributed by atoms with van der Waals surface area (Å²) in [6.07, 6.45) is 10.9. The molecule has 0 saturated heterocycles. The Bertz CT molecular complexity index is 594. The molecule has 0 aliphatic heterocycles. The molecule has 4 fully saturated rings. The molecule has 0 radical (unpaired) electrons. The lowest BCUT2D eigenvalue weighted by Gasteiger charge is -2.40. The maximum atomic E-state index is 11.5. The van der Waals surface area contributed by atoms with Crippen molar-refractivity contribution in [3.05, 3.63) is 24.3 Å². The Morgan fingerprint density at radius 2 is 1.83 bits per heavy atom. The summed E-state index contributed by atoms with van der Waals surface area (Å²) in [6, 6.07) is 0. The highest BCUT2D eigenvalue weighted by Crippen LogP contribution is 2.72. The van der Waals surface area contributed by atoms with E-state index in [2.05, 4.69) is 18.7 Å². The summed E-state index contributed by atoms with van der Waals surface area (Å²) < 4.78 is 11.5. The highest BCUT2D eigenvalue weighted by Gasteiger charge is 2.68. The van der Waals surface area contributed by atoms with Gasteiger partial charge in [0.15, 0.2) is 0 Å². The number of carbonyl (C=O) groups excluding carboxylic acids is 1. The van der Waals surface area contributed by atoms with E-state index in [0.717, 1.165) is 47.3 Å². The average Bonchev–Trinajstić information content (AvgIpc) is 3.32. The number of ether oxygens (including phenoxy) is 2. The van der Waals surface area contributed by atoms with E-state index in [-0.39, 0.29) is 5.97 Å². The Balaban J connectivity index is 1.23. The molecule has 3 heteroatoms. The van der Waals surface area contributed by atoms with Crippen LogP contribution in [0.15, 0.2) is 24.3 Å². The van der Waals surface area contributed by atoms with Gasteiger partial charge in [-0.3, -0.25) is 0 Å². The average molecular weight is 328 g/mol. The predicted molar refractivity (Wildman–Crippen MR) is 91.0 cm³/mol. The molecule has 9 unspecified atom stereocenters. The van der Waals surface area contributed by atoms with Crippen LogP contribution in [-0.2, 0) is 14.3 Å². The van der Waals surface area contributed by atoms with Gasteiger partial charge in [-0.2, -0.15) is 0 Å². The van der Waals surface area contributed by atoms with Crippen LogP contribution in [0.3, 0.4) is 0 Å². The third-order valence-corrected chi connectivity index (χ3v) is 7.92. The van der Waals surface area contributed by atoms with Gasteiger partial charge in [0, 0.05) is 5.57 Å². The van der Waals surface area contributed by atoms with E-state index < -0.39 is 0 Å². The summed E-state index contributed by atoms with van der Waals surface area (Å²) in [7, 11) is 0.